The smallest absolute Gasteiger partial charge is 0.308 e. The average molecular weight is 368 g/mol. The Morgan fingerprint density at radius 2 is 1.92 bits per heavy atom. The Morgan fingerprint density at radius 3 is 2.48 bits per heavy atom. The van der Waals surface area contributed by atoms with E-state index in [-0.39, 0.29) is 12.5 Å². The molecule has 1 aliphatic rings. The number of nitrogens with zero attached hydrogens (tertiary/aromatic N) is 1. The van der Waals surface area contributed by atoms with Gasteiger partial charge < -0.3 is 10.4 Å². The normalized spacial score (nSPS) is 21.3. The minimum Gasteiger partial charge on any atom is -0.481 e. The third-order valence-electron chi connectivity index (χ3n) is 4.57. The summed E-state index contributed by atoms with van der Waals surface area (Å²) in [6.45, 7) is 2.09. The molecule has 0 bridgehead atoms. The van der Waals surface area contributed by atoms with Gasteiger partial charge in [0.25, 0.3) is 0 Å². The lowest BCUT2D eigenvalue weighted by Gasteiger charge is -2.32. The van der Waals surface area contributed by atoms with Crippen molar-refractivity contribution >= 4 is 21.9 Å². The second kappa shape index (κ2) is 7.97. The maximum absolute atomic E-state index is 12.7. The molecule has 3 atom stereocenters. The van der Waals surface area contributed by atoms with Gasteiger partial charge in [-0.1, -0.05) is 30.3 Å². The topological polar surface area (TPSA) is 104 Å². The Morgan fingerprint density at radius 1 is 1.28 bits per heavy atom. The standard InChI is InChI=1S/C17H24N2O5S/c1-12(17(21)22)15(13-7-4-3-5-8-13)18-16(20)14-9-6-10-19(11-14)25(2,23)24/h3-5,7-8,12,14-15H,6,9-11H2,1-2H3,(H,18,20)(H,21,22)/t12-,14-,15+/m0/s1. The highest BCUT2D eigenvalue weighted by Crippen LogP contribution is 2.25. The number of carbonyl (C=O) groups excluding carboxylic acids is 1. The zero-order chi connectivity index (χ0) is 18.6. The number of hydrogen-bond acceptors (Lipinski definition) is 4. The van der Waals surface area contributed by atoms with Crippen molar-refractivity contribution in [3.8, 4) is 0 Å². The summed E-state index contributed by atoms with van der Waals surface area (Å²) in [6.07, 6.45) is 2.32. The Bertz CT molecular complexity index is 720. The summed E-state index contributed by atoms with van der Waals surface area (Å²) in [5.41, 5.74) is 0.710. The number of hydrogen-bond donors (Lipinski definition) is 2. The second-order valence-corrected chi connectivity index (χ2v) is 8.47. The van der Waals surface area contributed by atoms with Crippen LogP contribution >= 0.6 is 0 Å². The first kappa shape index (κ1) is 19.4. The summed E-state index contributed by atoms with van der Waals surface area (Å²) in [4.78, 5) is 24.1. The highest BCUT2D eigenvalue weighted by atomic mass is 32.2. The van der Waals surface area contributed by atoms with E-state index in [1.165, 1.54) is 4.31 Å². The van der Waals surface area contributed by atoms with Crippen LogP contribution in [0.5, 0.6) is 0 Å². The molecule has 1 fully saturated rings. The van der Waals surface area contributed by atoms with Crippen LogP contribution in [0.1, 0.15) is 31.4 Å². The summed E-state index contributed by atoms with van der Waals surface area (Å²) in [6, 6.07) is 8.27. The number of rotatable bonds is 6. The zero-order valence-corrected chi connectivity index (χ0v) is 15.2. The number of carbonyl (C=O) groups is 2. The summed E-state index contributed by atoms with van der Waals surface area (Å²) in [5.74, 6) is -2.59. The largest absolute Gasteiger partial charge is 0.481 e. The van der Waals surface area contributed by atoms with E-state index in [9.17, 15) is 23.1 Å². The van der Waals surface area contributed by atoms with Crippen LogP contribution in [0, 0.1) is 11.8 Å². The number of aliphatic carboxylic acids is 1. The molecule has 1 aliphatic heterocycles. The molecule has 0 aliphatic carbocycles. The van der Waals surface area contributed by atoms with Gasteiger partial charge in [0, 0.05) is 13.1 Å². The van der Waals surface area contributed by atoms with Crippen LogP contribution in [0.2, 0.25) is 0 Å². The first-order valence-corrected chi connectivity index (χ1v) is 10.1. The molecule has 25 heavy (non-hydrogen) atoms. The van der Waals surface area contributed by atoms with Gasteiger partial charge in [0.15, 0.2) is 0 Å². The maximum Gasteiger partial charge on any atom is 0.308 e. The number of benzene rings is 1. The van der Waals surface area contributed by atoms with Gasteiger partial charge in [0.1, 0.15) is 0 Å². The zero-order valence-electron chi connectivity index (χ0n) is 14.4. The number of nitrogens with one attached hydrogen (secondary N) is 1. The lowest BCUT2D eigenvalue weighted by atomic mass is 9.92. The third-order valence-corrected chi connectivity index (χ3v) is 5.84. The molecule has 0 spiro atoms. The number of carboxylic acids is 1. The first-order valence-electron chi connectivity index (χ1n) is 8.23. The molecule has 0 unspecified atom stereocenters. The van der Waals surface area contributed by atoms with E-state index in [2.05, 4.69) is 5.32 Å². The van der Waals surface area contributed by atoms with Gasteiger partial charge in [-0.25, -0.2) is 12.7 Å². The van der Waals surface area contributed by atoms with E-state index >= 15 is 0 Å². The van der Waals surface area contributed by atoms with E-state index in [0.29, 0.717) is 24.9 Å². The first-order chi connectivity index (χ1) is 11.7. The van der Waals surface area contributed by atoms with Crippen molar-refractivity contribution in [3.05, 3.63) is 35.9 Å². The Hall–Kier alpha value is -1.93. The van der Waals surface area contributed by atoms with E-state index in [4.69, 9.17) is 0 Å². The summed E-state index contributed by atoms with van der Waals surface area (Å²) < 4.78 is 24.7. The lowest BCUT2D eigenvalue weighted by Crippen LogP contribution is -2.46. The summed E-state index contributed by atoms with van der Waals surface area (Å²) >= 11 is 0. The van der Waals surface area contributed by atoms with Crippen LogP contribution in [0.4, 0.5) is 0 Å². The van der Waals surface area contributed by atoms with Crippen molar-refractivity contribution < 1.29 is 23.1 Å². The van der Waals surface area contributed by atoms with Gasteiger partial charge in [-0.3, -0.25) is 9.59 Å². The molecule has 0 saturated carbocycles. The van der Waals surface area contributed by atoms with Crippen molar-refractivity contribution in [1.82, 2.24) is 9.62 Å². The number of amides is 1. The van der Waals surface area contributed by atoms with Crippen molar-refractivity contribution in [2.24, 2.45) is 11.8 Å². The van der Waals surface area contributed by atoms with Gasteiger partial charge in [0.2, 0.25) is 15.9 Å². The fourth-order valence-corrected chi connectivity index (χ4v) is 3.94. The molecule has 1 heterocycles. The molecule has 8 heteroatoms. The van der Waals surface area contributed by atoms with Crippen molar-refractivity contribution in [3.63, 3.8) is 0 Å². The summed E-state index contributed by atoms with van der Waals surface area (Å²) in [7, 11) is -3.34. The molecule has 0 radical (unpaired) electrons. The van der Waals surface area contributed by atoms with Crippen molar-refractivity contribution in [2.45, 2.75) is 25.8 Å². The van der Waals surface area contributed by atoms with Gasteiger partial charge >= 0.3 is 5.97 Å². The predicted molar refractivity (Wildman–Crippen MR) is 93.3 cm³/mol. The van der Waals surface area contributed by atoms with Crippen LogP contribution in [-0.2, 0) is 19.6 Å². The minimum atomic E-state index is -3.34. The van der Waals surface area contributed by atoms with E-state index < -0.39 is 33.9 Å². The lowest BCUT2D eigenvalue weighted by molar-refractivity contribution is -0.142. The Labute approximate surface area is 148 Å². The molecule has 1 aromatic rings. The van der Waals surface area contributed by atoms with Gasteiger partial charge in [-0.2, -0.15) is 0 Å². The van der Waals surface area contributed by atoms with Crippen LogP contribution in [0.15, 0.2) is 30.3 Å². The highest BCUT2D eigenvalue weighted by Gasteiger charge is 2.33. The molecular formula is C17H24N2O5S. The number of sulfonamides is 1. The molecule has 138 valence electrons. The fraction of sp³-hybridized carbons (Fsp3) is 0.529. The van der Waals surface area contributed by atoms with Crippen LogP contribution in [-0.4, -0.2) is 49.1 Å². The molecular weight excluding hydrogens is 344 g/mol. The van der Waals surface area contributed by atoms with Gasteiger partial charge in [-0.15, -0.1) is 0 Å². The second-order valence-electron chi connectivity index (χ2n) is 6.48. The van der Waals surface area contributed by atoms with Crippen molar-refractivity contribution in [1.29, 1.82) is 0 Å². The van der Waals surface area contributed by atoms with Crippen LogP contribution in [0.25, 0.3) is 0 Å². The predicted octanol–water partition coefficient (Wildman–Crippen LogP) is 1.24. The fourth-order valence-electron chi connectivity index (χ4n) is 3.03. The monoisotopic (exact) mass is 368 g/mol. The summed E-state index contributed by atoms with van der Waals surface area (Å²) in [5, 5.41) is 12.2. The van der Waals surface area contributed by atoms with Crippen LogP contribution in [0.3, 0.4) is 0 Å². The van der Waals surface area contributed by atoms with E-state index in [1.54, 1.807) is 31.2 Å². The number of carboxylic acid groups (broad SMARTS) is 1. The van der Waals surface area contributed by atoms with E-state index in [1.807, 2.05) is 6.07 Å². The SMILES string of the molecule is C[C@H](C(=O)O)[C@@H](NC(=O)[C@H]1CCCN(S(C)(=O)=O)C1)c1ccccc1. The highest BCUT2D eigenvalue weighted by molar-refractivity contribution is 7.88. The average Bonchev–Trinajstić information content (AvgIpc) is 2.59. The molecule has 0 aromatic heterocycles. The molecule has 2 N–H and O–H groups in total. The molecule has 1 saturated heterocycles. The quantitative estimate of drug-likeness (QED) is 0.786. The van der Waals surface area contributed by atoms with Gasteiger partial charge in [0.05, 0.1) is 24.1 Å². The Kier molecular flexibility index (Phi) is 6.18. The van der Waals surface area contributed by atoms with Crippen LogP contribution < -0.4 is 5.32 Å². The molecule has 7 nitrogen and oxygen atoms in total. The Balaban J connectivity index is 2.15. The minimum absolute atomic E-state index is 0.133. The van der Waals surface area contributed by atoms with Gasteiger partial charge in [-0.05, 0) is 25.3 Å². The molecule has 1 amide bonds. The van der Waals surface area contributed by atoms with Crippen molar-refractivity contribution in [2.75, 3.05) is 19.3 Å². The third kappa shape index (κ3) is 5.02. The molecule has 2 rings (SSSR count). The maximum atomic E-state index is 12.7. The molecule has 1 aromatic carbocycles. The van der Waals surface area contributed by atoms with E-state index in [0.717, 1.165) is 6.26 Å². The number of piperidine rings is 1.